The summed E-state index contributed by atoms with van der Waals surface area (Å²) in [4.78, 5) is 4.28. The first-order valence-electron chi connectivity index (χ1n) is 9.11. The number of rotatable bonds is 5. The van der Waals surface area contributed by atoms with Gasteiger partial charge in [0.05, 0.1) is 12.3 Å². The van der Waals surface area contributed by atoms with E-state index in [0.29, 0.717) is 19.0 Å². The van der Waals surface area contributed by atoms with Gasteiger partial charge in [0, 0.05) is 32.1 Å². The van der Waals surface area contributed by atoms with Crippen LogP contribution in [-0.2, 0) is 10.0 Å². The molecule has 1 heterocycles. The zero-order valence-electron chi connectivity index (χ0n) is 15.8. The zero-order chi connectivity index (χ0) is 18.6. The molecule has 0 saturated heterocycles. The molecule has 1 unspecified atom stereocenters. The number of para-hydroxylation sites is 1. The summed E-state index contributed by atoms with van der Waals surface area (Å²) < 4.78 is 31.1. The maximum Gasteiger partial charge on any atom is 0.208 e. The van der Waals surface area contributed by atoms with Crippen molar-refractivity contribution < 1.29 is 13.2 Å². The third kappa shape index (κ3) is 5.95. The van der Waals surface area contributed by atoms with Gasteiger partial charge in [-0.05, 0) is 31.7 Å². The third-order valence-corrected chi connectivity index (χ3v) is 5.76. The number of ether oxygens (including phenoxy) is 1. The molecule has 2 aliphatic rings. The topological polar surface area (TPSA) is 91.8 Å². The SMILES string of the molecule is CN=C(NCCNS(C)(=O)=O)NC1CC2(CCCC2)Oc2ccccc21.I. The van der Waals surface area contributed by atoms with E-state index in [0.717, 1.165) is 36.8 Å². The van der Waals surface area contributed by atoms with E-state index in [1.165, 1.54) is 12.8 Å². The van der Waals surface area contributed by atoms with Crippen LogP contribution in [-0.4, -0.2) is 46.4 Å². The van der Waals surface area contributed by atoms with Crippen LogP contribution in [0.2, 0.25) is 0 Å². The first kappa shape index (κ1) is 22.2. The molecule has 9 heteroatoms. The second-order valence-corrected chi connectivity index (χ2v) is 8.93. The second-order valence-electron chi connectivity index (χ2n) is 7.10. The minimum atomic E-state index is -3.18. The van der Waals surface area contributed by atoms with Gasteiger partial charge in [-0.25, -0.2) is 13.1 Å². The zero-order valence-corrected chi connectivity index (χ0v) is 19.0. The summed E-state index contributed by atoms with van der Waals surface area (Å²) in [7, 11) is -1.46. The molecule has 3 N–H and O–H groups in total. The van der Waals surface area contributed by atoms with Crippen molar-refractivity contribution >= 4 is 40.0 Å². The highest BCUT2D eigenvalue weighted by molar-refractivity contribution is 14.0. The first-order chi connectivity index (χ1) is 12.4. The highest BCUT2D eigenvalue weighted by Crippen LogP contribution is 2.46. The van der Waals surface area contributed by atoms with Crippen LogP contribution in [0.5, 0.6) is 5.75 Å². The highest BCUT2D eigenvalue weighted by Gasteiger charge is 2.43. The van der Waals surface area contributed by atoms with Gasteiger partial charge in [0.1, 0.15) is 11.4 Å². The van der Waals surface area contributed by atoms with Crippen LogP contribution in [0.15, 0.2) is 29.3 Å². The molecule has 7 nitrogen and oxygen atoms in total. The second kappa shape index (κ2) is 9.42. The number of aliphatic imine (C=N–C) groups is 1. The van der Waals surface area contributed by atoms with E-state index >= 15 is 0 Å². The Bertz CT molecular complexity index is 764. The van der Waals surface area contributed by atoms with Crippen molar-refractivity contribution in [2.45, 2.75) is 43.7 Å². The van der Waals surface area contributed by atoms with Crippen molar-refractivity contribution in [1.82, 2.24) is 15.4 Å². The Kier molecular flexibility index (Phi) is 7.75. The quantitative estimate of drug-likeness (QED) is 0.246. The maximum absolute atomic E-state index is 11.1. The summed E-state index contributed by atoms with van der Waals surface area (Å²) >= 11 is 0. The monoisotopic (exact) mass is 508 g/mol. The fraction of sp³-hybridized carbons (Fsp3) is 0.611. The molecule has 1 aromatic rings. The minimum Gasteiger partial charge on any atom is -0.487 e. The van der Waals surface area contributed by atoms with Gasteiger partial charge in [-0.15, -0.1) is 24.0 Å². The molecule has 0 radical (unpaired) electrons. The molecule has 27 heavy (non-hydrogen) atoms. The Hall–Kier alpha value is -1.07. The average molecular weight is 508 g/mol. The Balaban J connectivity index is 0.00000261. The minimum absolute atomic E-state index is 0. The molecular formula is C18H29IN4O3S. The van der Waals surface area contributed by atoms with Crippen molar-refractivity contribution in [1.29, 1.82) is 0 Å². The van der Waals surface area contributed by atoms with Crippen LogP contribution in [0.4, 0.5) is 0 Å². The van der Waals surface area contributed by atoms with Gasteiger partial charge in [-0.3, -0.25) is 4.99 Å². The Labute approximate surface area is 178 Å². The first-order valence-corrected chi connectivity index (χ1v) is 11.0. The third-order valence-electron chi connectivity index (χ3n) is 5.03. The molecule has 1 fully saturated rings. The highest BCUT2D eigenvalue weighted by atomic mass is 127. The molecule has 1 spiro atoms. The maximum atomic E-state index is 11.1. The van der Waals surface area contributed by atoms with Crippen LogP contribution < -0.4 is 20.1 Å². The van der Waals surface area contributed by atoms with Crippen LogP contribution in [0.3, 0.4) is 0 Å². The predicted molar refractivity (Wildman–Crippen MR) is 118 cm³/mol. The Morgan fingerprint density at radius 3 is 2.63 bits per heavy atom. The summed E-state index contributed by atoms with van der Waals surface area (Å²) in [6.07, 6.45) is 6.65. The van der Waals surface area contributed by atoms with Gasteiger partial charge in [0.25, 0.3) is 0 Å². The lowest BCUT2D eigenvalue weighted by atomic mass is 9.86. The number of hydrogen-bond acceptors (Lipinski definition) is 4. The lowest BCUT2D eigenvalue weighted by Gasteiger charge is -2.40. The van der Waals surface area contributed by atoms with Crippen LogP contribution in [0, 0.1) is 0 Å². The van der Waals surface area contributed by atoms with Crippen LogP contribution in [0.1, 0.15) is 43.7 Å². The molecule has 152 valence electrons. The fourth-order valence-electron chi connectivity index (χ4n) is 3.85. The summed E-state index contributed by atoms with van der Waals surface area (Å²) in [5, 5.41) is 6.66. The summed E-state index contributed by atoms with van der Waals surface area (Å²) in [6, 6.07) is 8.28. The van der Waals surface area contributed by atoms with E-state index < -0.39 is 10.0 Å². The molecule has 0 bridgehead atoms. The van der Waals surface area contributed by atoms with Gasteiger partial charge in [-0.2, -0.15) is 0 Å². The van der Waals surface area contributed by atoms with Crippen molar-refractivity contribution in [2.24, 2.45) is 4.99 Å². The van der Waals surface area contributed by atoms with E-state index in [9.17, 15) is 8.42 Å². The molecule has 1 aromatic carbocycles. The number of fused-ring (bicyclic) bond motifs is 1. The molecule has 0 aromatic heterocycles. The van der Waals surface area contributed by atoms with E-state index in [1.807, 2.05) is 18.2 Å². The van der Waals surface area contributed by atoms with E-state index in [2.05, 4.69) is 26.4 Å². The van der Waals surface area contributed by atoms with Gasteiger partial charge in [-0.1, -0.05) is 18.2 Å². The lowest BCUT2D eigenvalue weighted by molar-refractivity contribution is 0.0396. The molecule has 1 atom stereocenters. The van der Waals surface area contributed by atoms with E-state index in [-0.39, 0.29) is 35.6 Å². The number of nitrogens with one attached hydrogen (secondary N) is 3. The molecule has 3 rings (SSSR count). The van der Waals surface area contributed by atoms with Crippen molar-refractivity contribution in [3.05, 3.63) is 29.8 Å². The predicted octanol–water partition coefficient (Wildman–Crippen LogP) is 2.16. The van der Waals surface area contributed by atoms with Crippen LogP contribution in [0.25, 0.3) is 0 Å². The Morgan fingerprint density at radius 1 is 1.26 bits per heavy atom. The summed E-state index contributed by atoms with van der Waals surface area (Å²) in [6.45, 7) is 0.774. The molecule has 1 aliphatic heterocycles. The summed E-state index contributed by atoms with van der Waals surface area (Å²) in [5.74, 6) is 1.61. The van der Waals surface area contributed by atoms with Gasteiger partial charge < -0.3 is 15.4 Å². The lowest BCUT2D eigenvalue weighted by Crippen LogP contribution is -2.47. The van der Waals surface area contributed by atoms with Gasteiger partial charge >= 0.3 is 0 Å². The number of benzene rings is 1. The number of hydrogen-bond donors (Lipinski definition) is 3. The van der Waals surface area contributed by atoms with Gasteiger partial charge in [0.2, 0.25) is 10.0 Å². The number of sulfonamides is 1. The summed E-state index contributed by atoms with van der Waals surface area (Å²) in [5.41, 5.74) is 1.06. The van der Waals surface area contributed by atoms with Gasteiger partial charge in [0.15, 0.2) is 5.96 Å². The average Bonchev–Trinajstić information content (AvgIpc) is 3.04. The van der Waals surface area contributed by atoms with Crippen LogP contribution >= 0.6 is 24.0 Å². The normalized spacial score (nSPS) is 21.1. The van der Waals surface area contributed by atoms with E-state index in [1.54, 1.807) is 7.05 Å². The Morgan fingerprint density at radius 2 is 1.96 bits per heavy atom. The fourth-order valence-corrected chi connectivity index (χ4v) is 4.32. The van der Waals surface area contributed by atoms with Crippen molar-refractivity contribution in [2.75, 3.05) is 26.4 Å². The number of nitrogens with zero attached hydrogens (tertiary/aromatic N) is 1. The smallest absolute Gasteiger partial charge is 0.208 e. The van der Waals surface area contributed by atoms with Crippen molar-refractivity contribution in [3.8, 4) is 5.75 Å². The van der Waals surface area contributed by atoms with E-state index in [4.69, 9.17) is 4.74 Å². The molecule has 0 amide bonds. The number of halogens is 1. The standard InChI is InChI=1S/C18H28N4O3S.HI/c1-19-17(20-11-12-21-26(2,23)24)22-15-13-18(9-5-6-10-18)25-16-8-4-3-7-14(15)16;/h3-4,7-8,15,21H,5-6,9-13H2,1-2H3,(H2,19,20,22);1H. The molecule has 1 aliphatic carbocycles. The molecule has 1 saturated carbocycles. The van der Waals surface area contributed by atoms with Crippen molar-refractivity contribution in [3.63, 3.8) is 0 Å². The molecular weight excluding hydrogens is 479 g/mol. The largest absolute Gasteiger partial charge is 0.487 e. The number of guanidine groups is 1.